The second-order valence-electron chi connectivity index (χ2n) is 25.4. The van der Waals surface area contributed by atoms with Gasteiger partial charge in [0.15, 0.2) is 56.1 Å². The molecule has 1 amide bonds. The Hall–Kier alpha value is -7.91. The molecular weight excluding hydrogens is 1290 g/mol. The van der Waals surface area contributed by atoms with Crippen molar-refractivity contribution in [2.45, 2.75) is 143 Å². The van der Waals surface area contributed by atoms with Gasteiger partial charge in [0.2, 0.25) is 5.91 Å². The number of aromatic hydroxyl groups is 2. The number of carboxylic acids is 2. The van der Waals surface area contributed by atoms with Crippen molar-refractivity contribution in [3.05, 3.63) is 158 Å². The molecule has 4 aliphatic rings. The molecular formula is C71H86N8NaO15S2-. The molecule has 0 spiro atoms. The molecule has 0 bridgehead atoms. The number of ether oxygens (including phenoxy) is 4. The Morgan fingerprint density at radius 2 is 1.30 bits per heavy atom. The predicted octanol–water partition coefficient (Wildman–Crippen LogP) is 5.42. The summed E-state index contributed by atoms with van der Waals surface area (Å²) >= 11 is 2.36. The number of Topliss-reactive ketones (excluding diaryl/α,β-unsaturated/α-hetero) is 1. The summed E-state index contributed by atoms with van der Waals surface area (Å²) in [7, 11) is 3.30. The average Bonchev–Trinajstić information content (AvgIpc) is 1.15. The number of carbonyl (C=O) groups excluding carboxylic acids is 4. The summed E-state index contributed by atoms with van der Waals surface area (Å²) in [6, 6.07) is 22.1. The number of oxime groups is 1. The van der Waals surface area contributed by atoms with Crippen molar-refractivity contribution in [3.63, 3.8) is 0 Å². The molecule has 0 aliphatic carbocycles. The van der Waals surface area contributed by atoms with Crippen LogP contribution in [0.3, 0.4) is 0 Å². The second kappa shape index (κ2) is 32.2. The molecule has 7 heterocycles. The number of carboxylic acid groups (broad SMARTS) is 2. The molecule has 11 rings (SSSR count). The van der Waals surface area contributed by atoms with Crippen LogP contribution in [-0.4, -0.2) is 131 Å². The van der Waals surface area contributed by atoms with Crippen LogP contribution < -0.4 is 75.3 Å². The summed E-state index contributed by atoms with van der Waals surface area (Å²) in [5.74, 6) is -3.34. The van der Waals surface area contributed by atoms with Crippen molar-refractivity contribution in [1.29, 1.82) is 0 Å². The number of hydrogen-bond donors (Lipinski definition) is 3. The molecule has 3 fully saturated rings. The van der Waals surface area contributed by atoms with E-state index >= 15 is 0 Å². The molecule has 7 aromatic rings. The summed E-state index contributed by atoms with van der Waals surface area (Å²) in [5, 5.41) is 49.9. The van der Waals surface area contributed by atoms with Gasteiger partial charge in [-0.2, -0.15) is 0 Å². The van der Waals surface area contributed by atoms with Gasteiger partial charge in [-0.3, -0.25) is 29.0 Å². The summed E-state index contributed by atoms with van der Waals surface area (Å²) in [5.41, 5.74) is 8.14. The van der Waals surface area contributed by atoms with E-state index in [0.717, 1.165) is 71.0 Å². The van der Waals surface area contributed by atoms with Gasteiger partial charge in [-0.25, -0.2) is 4.98 Å². The number of rotatable bonds is 24. The molecule has 97 heavy (non-hydrogen) atoms. The molecule has 3 aromatic heterocycles. The number of nitrogen functional groups attached to an aromatic ring is 1. The van der Waals surface area contributed by atoms with Crippen LogP contribution in [0.25, 0.3) is 21.8 Å². The first-order chi connectivity index (χ1) is 44.8. The fourth-order valence-electron chi connectivity index (χ4n) is 12.5. The quantitative estimate of drug-likeness (QED) is 0.0129. The molecule has 0 radical (unpaired) electrons. The molecule has 4 N–H and O–H groups in total. The molecule has 514 valence electrons. The van der Waals surface area contributed by atoms with E-state index in [-0.39, 0.29) is 114 Å². The normalized spacial score (nSPS) is 17.5. The number of phenolic OH excluding ortho intramolecular Hbond substituents is 2. The van der Waals surface area contributed by atoms with E-state index in [1.54, 1.807) is 20.4 Å². The van der Waals surface area contributed by atoms with E-state index in [4.69, 9.17) is 29.5 Å². The van der Waals surface area contributed by atoms with Gasteiger partial charge >= 0.3 is 29.6 Å². The Morgan fingerprint density at radius 1 is 0.773 bits per heavy atom. The topological polar surface area (TPSA) is 303 Å². The minimum absolute atomic E-state index is 0. The number of pyridine rings is 2. The number of thiazole rings is 1. The van der Waals surface area contributed by atoms with Gasteiger partial charge < -0.3 is 80.6 Å². The molecule has 23 nitrogen and oxygen atoms in total. The minimum atomic E-state index is -1.89. The van der Waals surface area contributed by atoms with Crippen molar-refractivity contribution >= 4 is 79.4 Å². The molecule has 3 atom stereocenters. The largest absolute Gasteiger partial charge is 1.00 e. The number of aromatic nitrogens is 3. The van der Waals surface area contributed by atoms with Gasteiger partial charge in [-0.05, 0) is 122 Å². The number of hydrogen-bond acceptors (Lipinski definition) is 21. The van der Waals surface area contributed by atoms with Crippen LogP contribution in [0.4, 0.5) is 5.13 Å². The van der Waals surface area contributed by atoms with Gasteiger partial charge in [0.1, 0.15) is 43.5 Å². The third-order valence-electron chi connectivity index (χ3n) is 17.7. The summed E-state index contributed by atoms with van der Waals surface area (Å²) in [4.78, 5) is 92.2. The zero-order valence-corrected chi connectivity index (χ0v) is 59.8. The fourth-order valence-corrected chi connectivity index (χ4v) is 14.6. The van der Waals surface area contributed by atoms with Crippen molar-refractivity contribution < 1.29 is 97.4 Å². The fraction of sp³-hybridized carbons (Fsp3) is 0.423. The third kappa shape index (κ3) is 16.8. The number of phenols is 2. The van der Waals surface area contributed by atoms with Crippen LogP contribution >= 0.6 is 23.1 Å². The van der Waals surface area contributed by atoms with Crippen LogP contribution in [0, 0.1) is 13.3 Å². The van der Waals surface area contributed by atoms with Gasteiger partial charge in [0.25, 0.3) is 0 Å². The van der Waals surface area contributed by atoms with Gasteiger partial charge in [0, 0.05) is 89.6 Å². The zero-order chi connectivity index (χ0) is 67.5. The van der Waals surface area contributed by atoms with E-state index in [9.17, 15) is 49.2 Å². The first-order valence-corrected chi connectivity index (χ1v) is 33.2. The SMILES string of the molecule is C.CC(C)n1cc(C[N+]2(CC3=C(C(=O)[O-])N4C(=O)[C@@H](CC(=O)/C(=N\OC(C)(C)C(=O)[O-])c5csc(N)n5)[C@H]4S[C@H]3C)CCCC2)c(=O)c2cc(O)c(O)cc21.COc1ccc(COc2cc3c(=O)c(CN4CCCC4)cn(C(C)C)c3cc2OCc2ccc(OC)cc2)cc1.[CH3-].[Na+]. The van der Waals surface area contributed by atoms with Crippen LogP contribution in [0.15, 0.2) is 117 Å². The number of anilines is 1. The Bertz CT molecular complexity index is 4210. The number of methoxy groups -OCH3 is 2. The Labute approximate surface area is 595 Å². The van der Waals surface area contributed by atoms with Crippen LogP contribution in [-0.2, 0) is 50.3 Å². The summed E-state index contributed by atoms with van der Waals surface area (Å²) in [6.45, 7) is 17.6. The number of quaternary nitrogens is 1. The number of thioether (sulfide) groups is 1. The number of nitrogens with zero attached hydrogens (tertiary/aromatic N) is 7. The first-order valence-electron chi connectivity index (χ1n) is 31.3. The van der Waals surface area contributed by atoms with Crippen molar-refractivity contribution in [1.82, 2.24) is 23.9 Å². The Kier molecular flexibility index (Phi) is 25.4. The molecule has 0 saturated carbocycles. The molecule has 4 aliphatic heterocycles. The number of likely N-dealkylation sites (tertiary alicyclic amines) is 2. The number of benzene rings is 4. The second-order valence-corrected chi connectivity index (χ2v) is 27.7. The van der Waals surface area contributed by atoms with Crippen molar-refractivity contribution in [2.24, 2.45) is 11.1 Å². The zero-order valence-electron chi connectivity index (χ0n) is 56.2. The van der Waals surface area contributed by atoms with Crippen LogP contribution in [0.1, 0.15) is 128 Å². The minimum Gasteiger partial charge on any atom is -0.546 e. The standard InChI is InChI=1S/C36H42N6O10S2.C33H38N2O5.CH4.CH3.Na/c1-17(2)40-13-19(30(46)20-10-25(43)26(44)12-24(20)40)14-42(8-6-7-9-42)15-22-18(3)54-32-21(31(47)41(32)29(22)33(48)49)11-27(45)28(23-16-53-35(37)38-23)39-52-36(4,5)34(50)51;1-23(2)35-20-26(19-34-15-5-6-16-34)33(36)29-17-31(39-21-24-7-11-27(37-3)12-8-24)32(18-30(29)35)40-22-25-9-13-28(38-4)14-10-25;;;/h10,12-13,16-18,21,32H,6-9,11,14-15H2,1-5H3,(H5-,37,38,39,43,44,45,46,48,49,50,51);7-14,17-18,20,23H,5-6,15-16,19,21-22H2,1-4H3;1H4;1H3;/q;;;-1;+1/p-1/t18-,21+,32+;;;;/m0..../s1. The van der Waals surface area contributed by atoms with Gasteiger partial charge in [-0.1, -0.05) is 36.8 Å². The number of fused-ring (bicyclic) bond motifs is 3. The number of carbonyl (C=O) groups is 4. The van der Waals surface area contributed by atoms with Crippen molar-refractivity contribution in [3.8, 4) is 34.5 Å². The van der Waals surface area contributed by atoms with Crippen molar-refractivity contribution in [2.75, 3.05) is 52.7 Å². The van der Waals surface area contributed by atoms with Gasteiger partial charge in [0.05, 0.1) is 78.2 Å². The number of ketones is 1. The maximum absolute atomic E-state index is 13.9. The summed E-state index contributed by atoms with van der Waals surface area (Å²) in [6.07, 6.45) is 7.44. The first kappa shape index (κ1) is 76.5. The number of aliphatic carboxylic acids is 2. The monoisotopic (exact) mass is 1380 g/mol. The molecule has 4 aromatic carbocycles. The smallest absolute Gasteiger partial charge is 0.546 e. The van der Waals surface area contributed by atoms with Crippen LogP contribution in [0.2, 0.25) is 0 Å². The molecule has 0 unspecified atom stereocenters. The molecule has 3 saturated heterocycles. The molecule has 26 heteroatoms. The number of β-lactam (4-membered cyclic amide) rings is 1. The van der Waals surface area contributed by atoms with E-state index in [1.807, 2.05) is 92.2 Å². The number of nitrogens with two attached hydrogens (primary N) is 1. The average molecular weight is 1380 g/mol. The van der Waals surface area contributed by atoms with E-state index < -0.39 is 57.9 Å². The summed E-state index contributed by atoms with van der Waals surface area (Å²) < 4.78 is 27.6. The Balaban J connectivity index is 0.000000276. The predicted molar refractivity (Wildman–Crippen MR) is 367 cm³/mol. The Morgan fingerprint density at radius 3 is 1.82 bits per heavy atom. The van der Waals surface area contributed by atoms with E-state index in [1.165, 1.54) is 60.9 Å². The number of amides is 1. The third-order valence-corrected chi connectivity index (χ3v) is 19.9. The maximum Gasteiger partial charge on any atom is 1.00 e. The van der Waals surface area contributed by atoms with Crippen LogP contribution in [0.5, 0.6) is 34.5 Å². The maximum atomic E-state index is 13.9. The van der Waals surface area contributed by atoms with Gasteiger partial charge in [-0.15, -0.1) is 23.1 Å². The van der Waals surface area contributed by atoms with E-state index in [0.29, 0.717) is 70.9 Å². The van der Waals surface area contributed by atoms with E-state index in [2.05, 4.69) is 33.5 Å².